The maximum absolute atomic E-state index is 11.7. The van der Waals surface area contributed by atoms with Gasteiger partial charge in [-0.2, -0.15) is 0 Å². The number of carbonyl (C=O) groups excluding carboxylic acids is 1. The van der Waals surface area contributed by atoms with Crippen molar-refractivity contribution in [3.63, 3.8) is 0 Å². The van der Waals surface area contributed by atoms with Gasteiger partial charge in [-0.25, -0.2) is 0 Å². The molecule has 1 fully saturated rings. The van der Waals surface area contributed by atoms with Gasteiger partial charge in [-0.15, -0.1) is 0 Å². The highest BCUT2D eigenvalue weighted by atomic mass is 16.3. The third-order valence-electron chi connectivity index (χ3n) is 3.57. The fraction of sp³-hybridized carbons (Fsp3) is 0.533. The standard InChI is InChI=1S/C15H21NO2/c1-10-6-11(2)8-14(7-10)13-4-5-16(9-13)15(18)12(3)17/h6-8,12-13,17H,4-5,9H2,1-3H3. The van der Waals surface area contributed by atoms with Gasteiger partial charge < -0.3 is 10.0 Å². The van der Waals surface area contributed by atoms with Gasteiger partial charge in [-0.1, -0.05) is 29.3 Å². The van der Waals surface area contributed by atoms with E-state index in [1.165, 1.54) is 23.6 Å². The Bertz CT molecular complexity index is 434. The van der Waals surface area contributed by atoms with E-state index in [1.54, 1.807) is 4.90 Å². The first-order valence-corrected chi connectivity index (χ1v) is 6.52. The van der Waals surface area contributed by atoms with Gasteiger partial charge in [0.05, 0.1) is 0 Å². The van der Waals surface area contributed by atoms with E-state index in [9.17, 15) is 9.90 Å². The topological polar surface area (TPSA) is 40.5 Å². The summed E-state index contributed by atoms with van der Waals surface area (Å²) in [6, 6.07) is 6.57. The molecule has 0 bridgehead atoms. The molecule has 1 aliphatic heterocycles. The number of hydrogen-bond acceptors (Lipinski definition) is 2. The normalized spacial score (nSPS) is 21.1. The third kappa shape index (κ3) is 2.72. The highest BCUT2D eigenvalue weighted by molar-refractivity contribution is 5.80. The minimum atomic E-state index is -0.886. The zero-order valence-electron chi connectivity index (χ0n) is 11.3. The van der Waals surface area contributed by atoms with Gasteiger partial charge >= 0.3 is 0 Å². The highest BCUT2D eigenvalue weighted by Crippen LogP contribution is 2.28. The van der Waals surface area contributed by atoms with Crippen LogP contribution in [0.2, 0.25) is 0 Å². The lowest BCUT2D eigenvalue weighted by Crippen LogP contribution is -2.35. The van der Waals surface area contributed by atoms with E-state index in [-0.39, 0.29) is 5.91 Å². The van der Waals surface area contributed by atoms with Crippen molar-refractivity contribution in [3.05, 3.63) is 34.9 Å². The summed E-state index contributed by atoms with van der Waals surface area (Å²) in [5, 5.41) is 9.34. The van der Waals surface area contributed by atoms with Crippen LogP contribution in [-0.2, 0) is 4.79 Å². The Kier molecular flexibility index (Phi) is 3.71. The molecule has 98 valence electrons. The number of rotatable bonds is 2. The van der Waals surface area contributed by atoms with Crippen molar-refractivity contribution in [2.24, 2.45) is 0 Å². The van der Waals surface area contributed by atoms with E-state index in [2.05, 4.69) is 32.0 Å². The lowest BCUT2D eigenvalue weighted by Gasteiger charge is -2.18. The minimum absolute atomic E-state index is 0.151. The van der Waals surface area contributed by atoms with E-state index in [0.29, 0.717) is 5.92 Å². The van der Waals surface area contributed by atoms with Gasteiger partial charge in [0.2, 0.25) is 0 Å². The molecule has 18 heavy (non-hydrogen) atoms. The molecular formula is C15H21NO2. The minimum Gasteiger partial charge on any atom is -0.384 e. The summed E-state index contributed by atoms with van der Waals surface area (Å²) < 4.78 is 0. The van der Waals surface area contributed by atoms with Crippen LogP contribution in [0.1, 0.15) is 36.0 Å². The molecule has 0 saturated carbocycles. The molecule has 1 aromatic rings. The van der Waals surface area contributed by atoms with Crippen LogP contribution in [0.5, 0.6) is 0 Å². The van der Waals surface area contributed by atoms with Gasteiger partial charge in [0, 0.05) is 19.0 Å². The van der Waals surface area contributed by atoms with Crippen molar-refractivity contribution in [2.75, 3.05) is 13.1 Å². The molecular weight excluding hydrogens is 226 g/mol. The Balaban J connectivity index is 2.11. The monoisotopic (exact) mass is 247 g/mol. The van der Waals surface area contributed by atoms with Crippen LogP contribution in [0.25, 0.3) is 0 Å². The maximum Gasteiger partial charge on any atom is 0.251 e. The van der Waals surface area contributed by atoms with Crippen LogP contribution in [0, 0.1) is 13.8 Å². The highest BCUT2D eigenvalue weighted by Gasteiger charge is 2.29. The van der Waals surface area contributed by atoms with Crippen LogP contribution >= 0.6 is 0 Å². The second-order valence-corrected chi connectivity index (χ2v) is 5.37. The van der Waals surface area contributed by atoms with Crippen LogP contribution in [0.15, 0.2) is 18.2 Å². The molecule has 2 unspecified atom stereocenters. The Morgan fingerprint density at radius 3 is 2.50 bits per heavy atom. The summed E-state index contributed by atoms with van der Waals surface area (Å²) in [5.41, 5.74) is 3.85. The number of carbonyl (C=O) groups is 1. The predicted molar refractivity (Wildman–Crippen MR) is 71.5 cm³/mol. The number of amides is 1. The lowest BCUT2D eigenvalue weighted by molar-refractivity contribution is -0.138. The Hall–Kier alpha value is -1.35. The van der Waals surface area contributed by atoms with Crippen molar-refractivity contribution in [1.82, 2.24) is 4.90 Å². The summed E-state index contributed by atoms with van der Waals surface area (Å²) in [7, 11) is 0. The van der Waals surface area contributed by atoms with Crippen molar-refractivity contribution in [2.45, 2.75) is 39.2 Å². The summed E-state index contributed by atoms with van der Waals surface area (Å²) >= 11 is 0. The second-order valence-electron chi connectivity index (χ2n) is 5.37. The molecule has 1 N–H and O–H groups in total. The summed E-state index contributed by atoms with van der Waals surface area (Å²) in [5.74, 6) is 0.258. The van der Waals surface area contributed by atoms with Crippen molar-refractivity contribution >= 4 is 5.91 Å². The number of benzene rings is 1. The number of aryl methyl sites for hydroxylation is 2. The molecule has 1 saturated heterocycles. The number of nitrogens with zero attached hydrogens (tertiary/aromatic N) is 1. The van der Waals surface area contributed by atoms with E-state index >= 15 is 0 Å². The maximum atomic E-state index is 11.7. The van der Waals surface area contributed by atoms with E-state index in [4.69, 9.17) is 0 Å². The molecule has 0 aliphatic carbocycles. The van der Waals surface area contributed by atoms with Crippen LogP contribution in [0.4, 0.5) is 0 Å². The molecule has 0 spiro atoms. The largest absolute Gasteiger partial charge is 0.384 e. The number of likely N-dealkylation sites (tertiary alicyclic amines) is 1. The Labute approximate surface area is 108 Å². The van der Waals surface area contributed by atoms with Crippen molar-refractivity contribution in [1.29, 1.82) is 0 Å². The van der Waals surface area contributed by atoms with E-state index in [1.807, 2.05) is 0 Å². The van der Waals surface area contributed by atoms with E-state index < -0.39 is 6.10 Å². The van der Waals surface area contributed by atoms with Crippen LogP contribution < -0.4 is 0 Å². The fourth-order valence-electron chi connectivity index (χ4n) is 2.74. The van der Waals surface area contributed by atoms with Crippen molar-refractivity contribution < 1.29 is 9.90 Å². The molecule has 3 nitrogen and oxygen atoms in total. The lowest BCUT2D eigenvalue weighted by atomic mass is 9.95. The first kappa shape index (κ1) is 13.1. The quantitative estimate of drug-likeness (QED) is 0.868. The third-order valence-corrected chi connectivity index (χ3v) is 3.57. The zero-order chi connectivity index (χ0) is 13.3. The molecule has 1 aromatic carbocycles. The zero-order valence-corrected chi connectivity index (χ0v) is 11.3. The molecule has 0 radical (unpaired) electrons. The smallest absolute Gasteiger partial charge is 0.251 e. The summed E-state index contributed by atoms with van der Waals surface area (Å²) in [6.45, 7) is 7.22. The fourth-order valence-corrected chi connectivity index (χ4v) is 2.74. The van der Waals surface area contributed by atoms with Crippen LogP contribution in [-0.4, -0.2) is 35.1 Å². The Morgan fingerprint density at radius 2 is 1.94 bits per heavy atom. The average molecular weight is 247 g/mol. The second kappa shape index (κ2) is 5.11. The van der Waals surface area contributed by atoms with Gasteiger partial charge in [0.1, 0.15) is 6.10 Å². The molecule has 2 rings (SSSR count). The predicted octanol–water partition coefficient (Wildman–Crippen LogP) is 2.00. The van der Waals surface area contributed by atoms with Gasteiger partial charge in [-0.05, 0) is 32.8 Å². The summed E-state index contributed by atoms with van der Waals surface area (Å²) in [6.07, 6.45) is 0.101. The summed E-state index contributed by atoms with van der Waals surface area (Å²) in [4.78, 5) is 13.5. The average Bonchev–Trinajstić information content (AvgIpc) is 2.75. The molecule has 0 aromatic heterocycles. The molecule has 3 heteroatoms. The molecule has 2 atom stereocenters. The van der Waals surface area contributed by atoms with Gasteiger partial charge in [0.25, 0.3) is 5.91 Å². The van der Waals surface area contributed by atoms with Crippen molar-refractivity contribution in [3.8, 4) is 0 Å². The van der Waals surface area contributed by atoms with E-state index in [0.717, 1.165) is 19.5 Å². The molecule has 1 aliphatic rings. The van der Waals surface area contributed by atoms with Gasteiger partial charge in [0.15, 0.2) is 0 Å². The van der Waals surface area contributed by atoms with Crippen LogP contribution in [0.3, 0.4) is 0 Å². The van der Waals surface area contributed by atoms with Gasteiger partial charge in [-0.3, -0.25) is 4.79 Å². The molecule has 1 amide bonds. The number of hydrogen-bond donors (Lipinski definition) is 1. The SMILES string of the molecule is Cc1cc(C)cc(C2CCN(C(=O)C(C)O)C2)c1. The first-order valence-electron chi connectivity index (χ1n) is 6.52. The number of aliphatic hydroxyl groups is 1. The Morgan fingerprint density at radius 1 is 1.33 bits per heavy atom. The molecule has 1 heterocycles. The number of aliphatic hydroxyl groups excluding tert-OH is 1. The first-order chi connectivity index (χ1) is 8.47.